The summed E-state index contributed by atoms with van der Waals surface area (Å²) in [7, 11) is 0. The molecule has 1 aliphatic rings. The van der Waals surface area contributed by atoms with Crippen LogP contribution in [-0.2, 0) is 4.79 Å². The van der Waals surface area contributed by atoms with Crippen molar-refractivity contribution in [3.05, 3.63) is 23.8 Å². The molecule has 1 aliphatic carbocycles. The van der Waals surface area contributed by atoms with Crippen molar-refractivity contribution in [2.45, 2.75) is 26.2 Å². The first-order chi connectivity index (χ1) is 5.68. The van der Waals surface area contributed by atoms with Gasteiger partial charge in [0.25, 0.3) is 0 Å². The zero-order chi connectivity index (χ0) is 8.97. The minimum Gasteiger partial charge on any atom is -0.478 e. The molecule has 0 fully saturated rings. The first-order valence-corrected chi connectivity index (χ1v) is 4.28. The van der Waals surface area contributed by atoms with Crippen LogP contribution in [0.4, 0.5) is 0 Å². The van der Waals surface area contributed by atoms with Crippen molar-refractivity contribution < 1.29 is 9.90 Å². The normalized spacial score (nSPS) is 24.1. The van der Waals surface area contributed by atoms with Gasteiger partial charge in [0, 0.05) is 6.08 Å². The zero-order valence-corrected chi connectivity index (χ0v) is 7.29. The maximum Gasteiger partial charge on any atom is 0.328 e. The Morgan fingerprint density at radius 2 is 2.50 bits per heavy atom. The molecule has 0 heterocycles. The van der Waals surface area contributed by atoms with E-state index >= 15 is 0 Å². The van der Waals surface area contributed by atoms with Crippen LogP contribution >= 0.6 is 0 Å². The number of rotatable bonds is 2. The monoisotopic (exact) mass is 166 g/mol. The summed E-state index contributed by atoms with van der Waals surface area (Å²) in [5.41, 5.74) is 1.16. The Labute approximate surface area is 72.6 Å². The van der Waals surface area contributed by atoms with Gasteiger partial charge in [0.2, 0.25) is 0 Å². The van der Waals surface area contributed by atoms with Crippen LogP contribution in [0.15, 0.2) is 23.8 Å². The highest BCUT2D eigenvalue weighted by Crippen LogP contribution is 2.23. The number of allylic oxidation sites excluding steroid dienone is 3. The van der Waals surface area contributed by atoms with Gasteiger partial charge in [-0.3, -0.25) is 0 Å². The smallest absolute Gasteiger partial charge is 0.328 e. The van der Waals surface area contributed by atoms with Gasteiger partial charge in [0.1, 0.15) is 0 Å². The Balaban J connectivity index is 2.52. The molecule has 0 aromatic rings. The van der Waals surface area contributed by atoms with E-state index in [1.165, 1.54) is 12.5 Å². The molecule has 1 atom stereocenters. The van der Waals surface area contributed by atoms with Gasteiger partial charge in [0.15, 0.2) is 0 Å². The van der Waals surface area contributed by atoms with Crippen LogP contribution in [-0.4, -0.2) is 11.1 Å². The summed E-state index contributed by atoms with van der Waals surface area (Å²) < 4.78 is 0. The van der Waals surface area contributed by atoms with Crippen LogP contribution in [0.3, 0.4) is 0 Å². The lowest BCUT2D eigenvalue weighted by Gasteiger charge is -2.16. The molecule has 2 nitrogen and oxygen atoms in total. The van der Waals surface area contributed by atoms with E-state index in [0.29, 0.717) is 5.92 Å². The van der Waals surface area contributed by atoms with E-state index in [2.05, 4.69) is 13.0 Å². The minimum atomic E-state index is -0.867. The first kappa shape index (κ1) is 9.04. The number of carboxylic acids is 1. The Bertz CT molecular complexity index is 226. The number of hydrogen-bond acceptors (Lipinski definition) is 1. The van der Waals surface area contributed by atoms with E-state index in [4.69, 9.17) is 5.11 Å². The molecule has 0 saturated carbocycles. The van der Waals surface area contributed by atoms with E-state index in [1.54, 1.807) is 6.08 Å². The molecule has 0 aromatic carbocycles. The standard InChI is InChI=1S/C10H14O2/c1-8-3-2-4-9(7-8)5-6-10(11)12/h4-6,8H,2-3,7H2,1H3,(H,11,12)/b6-5+. The Hall–Kier alpha value is -1.05. The van der Waals surface area contributed by atoms with Gasteiger partial charge in [-0.25, -0.2) is 4.79 Å². The van der Waals surface area contributed by atoms with Crippen molar-refractivity contribution in [1.82, 2.24) is 0 Å². The van der Waals surface area contributed by atoms with Crippen LogP contribution in [0.25, 0.3) is 0 Å². The van der Waals surface area contributed by atoms with E-state index in [9.17, 15) is 4.79 Å². The molecule has 1 rings (SSSR count). The lowest BCUT2D eigenvalue weighted by Crippen LogP contribution is -2.01. The molecule has 0 radical (unpaired) electrons. The molecule has 0 aromatic heterocycles. The number of aliphatic carboxylic acids is 1. The third-order valence-corrected chi connectivity index (χ3v) is 2.09. The summed E-state index contributed by atoms with van der Waals surface area (Å²) in [5.74, 6) is -0.169. The second kappa shape index (κ2) is 4.10. The fraction of sp³-hybridized carbons (Fsp3) is 0.500. The van der Waals surface area contributed by atoms with E-state index in [0.717, 1.165) is 18.4 Å². The molecule has 0 spiro atoms. The molecule has 2 heteroatoms. The summed E-state index contributed by atoms with van der Waals surface area (Å²) in [4.78, 5) is 10.2. The lowest BCUT2D eigenvalue weighted by molar-refractivity contribution is -0.131. The molecule has 1 N–H and O–H groups in total. The second-order valence-electron chi connectivity index (χ2n) is 3.34. The maximum atomic E-state index is 10.2. The van der Waals surface area contributed by atoms with Crippen LogP contribution in [0.1, 0.15) is 26.2 Å². The largest absolute Gasteiger partial charge is 0.478 e. The molecular weight excluding hydrogens is 152 g/mol. The zero-order valence-electron chi connectivity index (χ0n) is 7.29. The highest BCUT2D eigenvalue weighted by molar-refractivity contribution is 5.80. The van der Waals surface area contributed by atoms with Crippen LogP contribution in [0.2, 0.25) is 0 Å². The fourth-order valence-electron chi connectivity index (χ4n) is 1.46. The average Bonchev–Trinajstić information content (AvgIpc) is 2.01. The topological polar surface area (TPSA) is 37.3 Å². The minimum absolute atomic E-state index is 0.698. The maximum absolute atomic E-state index is 10.2. The van der Waals surface area contributed by atoms with E-state index in [1.807, 2.05) is 0 Å². The molecule has 66 valence electrons. The van der Waals surface area contributed by atoms with Crippen molar-refractivity contribution in [3.63, 3.8) is 0 Å². The Morgan fingerprint density at radius 3 is 3.08 bits per heavy atom. The summed E-state index contributed by atoms with van der Waals surface area (Å²) in [5, 5.41) is 8.40. The third-order valence-electron chi connectivity index (χ3n) is 2.09. The number of hydrogen-bond donors (Lipinski definition) is 1. The van der Waals surface area contributed by atoms with Gasteiger partial charge in [-0.2, -0.15) is 0 Å². The van der Waals surface area contributed by atoms with Crippen LogP contribution < -0.4 is 0 Å². The van der Waals surface area contributed by atoms with Gasteiger partial charge in [-0.05, 0) is 25.2 Å². The number of carboxylic acid groups (broad SMARTS) is 1. The molecule has 12 heavy (non-hydrogen) atoms. The lowest BCUT2D eigenvalue weighted by atomic mass is 9.90. The quantitative estimate of drug-likeness (QED) is 0.639. The molecule has 0 bridgehead atoms. The molecule has 1 unspecified atom stereocenters. The third kappa shape index (κ3) is 2.91. The van der Waals surface area contributed by atoms with Crippen LogP contribution in [0.5, 0.6) is 0 Å². The van der Waals surface area contributed by atoms with Crippen LogP contribution in [0, 0.1) is 5.92 Å². The highest BCUT2D eigenvalue weighted by atomic mass is 16.4. The summed E-state index contributed by atoms with van der Waals surface area (Å²) in [6.07, 6.45) is 8.37. The van der Waals surface area contributed by atoms with E-state index in [-0.39, 0.29) is 0 Å². The van der Waals surface area contributed by atoms with Crippen molar-refractivity contribution >= 4 is 5.97 Å². The van der Waals surface area contributed by atoms with Crippen molar-refractivity contribution in [2.75, 3.05) is 0 Å². The number of carbonyl (C=O) groups is 1. The Kier molecular flexibility index (Phi) is 3.09. The van der Waals surface area contributed by atoms with Crippen molar-refractivity contribution in [3.8, 4) is 0 Å². The highest BCUT2D eigenvalue weighted by Gasteiger charge is 2.08. The average molecular weight is 166 g/mol. The fourth-order valence-corrected chi connectivity index (χ4v) is 1.46. The molecule has 0 saturated heterocycles. The second-order valence-corrected chi connectivity index (χ2v) is 3.34. The van der Waals surface area contributed by atoms with Crippen molar-refractivity contribution in [2.24, 2.45) is 5.92 Å². The van der Waals surface area contributed by atoms with E-state index < -0.39 is 5.97 Å². The van der Waals surface area contributed by atoms with Gasteiger partial charge >= 0.3 is 5.97 Å². The van der Waals surface area contributed by atoms with Gasteiger partial charge in [-0.1, -0.05) is 24.6 Å². The SMILES string of the molecule is CC1CCC=C(/C=C/C(=O)O)C1. The summed E-state index contributed by atoms with van der Waals surface area (Å²) >= 11 is 0. The Morgan fingerprint density at radius 1 is 1.75 bits per heavy atom. The van der Waals surface area contributed by atoms with Gasteiger partial charge in [0.05, 0.1) is 0 Å². The summed E-state index contributed by atoms with van der Waals surface area (Å²) in [6, 6.07) is 0. The van der Waals surface area contributed by atoms with Gasteiger partial charge < -0.3 is 5.11 Å². The van der Waals surface area contributed by atoms with Gasteiger partial charge in [-0.15, -0.1) is 0 Å². The summed E-state index contributed by atoms with van der Waals surface area (Å²) in [6.45, 7) is 2.20. The van der Waals surface area contributed by atoms with Crippen molar-refractivity contribution in [1.29, 1.82) is 0 Å². The predicted octanol–water partition coefficient (Wildman–Crippen LogP) is 2.37. The predicted molar refractivity (Wildman–Crippen MR) is 47.9 cm³/mol. The molecular formula is C10H14O2. The molecule has 0 amide bonds. The first-order valence-electron chi connectivity index (χ1n) is 4.28. The molecule has 0 aliphatic heterocycles.